The summed E-state index contributed by atoms with van der Waals surface area (Å²) in [6.45, 7) is 10.0. The summed E-state index contributed by atoms with van der Waals surface area (Å²) in [7, 11) is 0. The molecular weight excluding hydrogens is 280 g/mol. The number of nitrogens with two attached hydrogens (primary N) is 1. The zero-order chi connectivity index (χ0) is 15.5. The second-order valence-electron chi connectivity index (χ2n) is 7.29. The van der Waals surface area contributed by atoms with E-state index in [1.807, 2.05) is 6.07 Å². The van der Waals surface area contributed by atoms with Gasteiger partial charge in [0.2, 0.25) is 0 Å². The van der Waals surface area contributed by atoms with Gasteiger partial charge in [0.15, 0.2) is 0 Å². The molecule has 1 heterocycles. The van der Waals surface area contributed by atoms with Crippen LogP contribution >= 0.6 is 11.6 Å². The van der Waals surface area contributed by atoms with E-state index in [1.165, 1.54) is 30.5 Å². The van der Waals surface area contributed by atoms with Gasteiger partial charge in [0.1, 0.15) is 0 Å². The lowest BCUT2D eigenvalue weighted by molar-refractivity contribution is 0.220. The Balaban J connectivity index is 2.17. The van der Waals surface area contributed by atoms with E-state index in [0.29, 0.717) is 12.0 Å². The molecule has 118 valence electrons. The van der Waals surface area contributed by atoms with Crippen LogP contribution in [0.4, 0.5) is 5.69 Å². The summed E-state index contributed by atoms with van der Waals surface area (Å²) in [6.07, 6.45) is 4.77. The van der Waals surface area contributed by atoms with Gasteiger partial charge in [0.05, 0.1) is 0 Å². The monoisotopic (exact) mass is 308 g/mol. The van der Waals surface area contributed by atoms with Crippen LogP contribution < -0.4 is 10.6 Å². The summed E-state index contributed by atoms with van der Waals surface area (Å²) >= 11 is 6.22. The molecule has 1 fully saturated rings. The minimum Gasteiger partial charge on any atom is -0.371 e. The molecule has 1 aromatic carbocycles. The summed E-state index contributed by atoms with van der Waals surface area (Å²) in [4.78, 5) is 2.52. The van der Waals surface area contributed by atoms with Gasteiger partial charge in [-0.3, -0.25) is 0 Å². The molecule has 0 amide bonds. The maximum absolute atomic E-state index is 6.22. The highest BCUT2D eigenvalue weighted by Gasteiger charge is 2.27. The molecule has 1 unspecified atom stereocenters. The highest BCUT2D eigenvalue weighted by Crippen LogP contribution is 2.36. The normalized spacial score (nSPS) is 20.4. The summed E-state index contributed by atoms with van der Waals surface area (Å²) in [6, 6.07) is 6.23. The molecule has 0 aromatic heterocycles. The number of hydrogen-bond donors (Lipinski definition) is 1. The van der Waals surface area contributed by atoms with Crippen molar-refractivity contribution in [2.45, 2.75) is 46.5 Å². The van der Waals surface area contributed by atoms with Crippen molar-refractivity contribution >= 4 is 17.3 Å². The standard InChI is InChI=1S/C18H29ClN2/c1-18(2,3)15-5-4-11-21(12-9-15)17-13-16(19)7-6-14(17)8-10-20/h6-7,13,15H,4-5,8-12,20H2,1-3H3. The number of halogens is 1. The summed E-state index contributed by atoms with van der Waals surface area (Å²) < 4.78 is 0. The Labute approximate surface area is 134 Å². The largest absolute Gasteiger partial charge is 0.371 e. The number of benzene rings is 1. The fourth-order valence-corrected chi connectivity index (χ4v) is 3.57. The zero-order valence-electron chi connectivity index (χ0n) is 13.7. The van der Waals surface area contributed by atoms with Crippen LogP contribution in [-0.2, 0) is 6.42 Å². The van der Waals surface area contributed by atoms with E-state index >= 15 is 0 Å². The quantitative estimate of drug-likeness (QED) is 0.891. The molecule has 1 atom stereocenters. The second-order valence-corrected chi connectivity index (χ2v) is 7.73. The van der Waals surface area contributed by atoms with Gasteiger partial charge in [-0.15, -0.1) is 0 Å². The first-order valence-corrected chi connectivity index (χ1v) is 8.53. The Morgan fingerprint density at radius 1 is 1.24 bits per heavy atom. The van der Waals surface area contributed by atoms with Crippen LogP contribution in [0.3, 0.4) is 0 Å². The molecule has 1 aromatic rings. The van der Waals surface area contributed by atoms with E-state index in [9.17, 15) is 0 Å². The van der Waals surface area contributed by atoms with E-state index in [2.05, 4.69) is 37.8 Å². The first-order valence-electron chi connectivity index (χ1n) is 8.15. The zero-order valence-corrected chi connectivity index (χ0v) is 14.4. The van der Waals surface area contributed by atoms with Crippen molar-refractivity contribution < 1.29 is 0 Å². The van der Waals surface area contributed by atoms with E-state index in [-0.39, 0.29) is 0 Å². The van der Waals surface area contributed by atoms with Gasteiger partial charge >= 0.3 is 0 Å². The Morgan fingerprint density at radius 3 is 2.67 bits per heavy atom. The summed E-state index contributed by atoms with van der Waals surface area (Å²) in [5, 5.41) is 0.822. The third-order valence-corrected chi connectivity index (χ3v) is 4.99. The van der Waals surface area contributed by atoms with Gasteiger partial charge in [-0.25, -0.2) is 0 Å². The van der Waals surface area contributed by atoms with E-state index in [4.69, 9.17) is 17.3 Å². The van der Waals surface area contributed by atoms with Crippen LogP contribution in [0.25, 0.3) is 0 Å². The van der Waals surface area contributed by atoms with E-state index in [1.54, 1.807) is 0 Å². The Morgan fingerprint density at radius 2 is 2.00 bits per heavy atom. The van der Waals surface area contributed by atoms with Crippen molar-refractivity contribution in [1.82, 2.24) is 0 Å². The molecule has 3 heteroatoms. The number of hydrogen-bond acceptors (Lipinski definition) is 2. The van der Waals surface area contributed by atoms with Crippen molar-refractivity contribution in [3.05, 3.63) is 28.8 Å². The third kappa shape index (κ3) is 4.37. The molecule has 21 heavy (non-hydrogen) atoms. The van der Waals surface area contributed by atoms with E-state index < -0.39 is 0 Å². The van der Waals surface area contributed by atoms with Crippen LogP contribution in [0.15, 0.2) is 18.2 Å². The van der Waals surface area contributed by atoms with Crippen LogP contribution in [0.2, 0.25) is 5.02 Å². The molecule has 1 aliphatic rings. The molecule has 2 rings (SSSR count). The Kier molecular flexibility index (Phi) is 5.56. The molecule has 0 saturated carbocycles. The van der Waals surface area contributed by atoms with Crippen LogP contribution in [0.5, 0.6) is 0 Å². The van der Waals surface area contributed by atoms with Gasteiger partial charge in [0, 0.05) is 23.8 Å². The lowest BCUT2D eigenvalue weighted by Gasteiger charge is -2.30. The lowest BCUT2D eigenvalue weighted by atomic mass is 9.77. The van der Waals surface area contributed by atoms with Crippen LogP contribution in [0, 0.1) is 11.3 Å². The second kappa shape index (κ2) is 7.02. The minimum atomic E-state index is 0.407. The van der Waals surface area contributed by atoms with Crippen LogP contribution in [-0.4, -0.2) is 19.6 Å². The Bertz CT molecular complexity index is 465. The average molecular weight is 309 g/mol. The molecule has 2 nitrogen and oxygen atoms in total. The average Bonchev–Trinajstić information content (AvgIpc) is 2.66. The molecule has 2 N–H and O–H groups in total. The van der Waals surface area contributed by atoms with Gasteiger partial charge in [-0.1, -0.05) is 38.4 Å². The molecule has 0 bridgehead atoms. The van der Waals surface area contributed by atoms with Gasteiger partial charge < -0.3 is 10.6 Å². The molecule has 0 aliphatic carbocycles. The molecule has 1 aliphatic heterocycles. The first-order chi connectivity index (χ1) is 9.91. The van der Waals surface area contributed by atoms with Gasteiger partial charge in [-0.05, 0) is 61.3 Å². The number of rotatable bonds is 3. The smallest absolute Gasteiger partial charge is 0.0426 e. The highest BCUT2D eigenvalue weighted by atomic mass is 35.5. The van der Waals surface area contributed by atoms with Gasteiger partial charge in [-0.2, -0.15) is 0 Å². The molecular formula is C18H29ClN2. The first kappa shape index (κ1) is 16.6. The highest BCUT2D eigenvalue weighted by molar-refractivity contribution is 6.30. The lowest BCUT2D eigenvalue weighted by Crippen LogP contribution is -2.27. The summed E-state index contributed by atoms with van der Waals surface area (Å²) in [5.41, 5.74) is 8.79. The van der Waals surface area contributed by atoms with Crippen molar-refractivity contribution in [1.29, 1.82) is 0 Å². The van der Waals surface area contributed by atoms with Gasteiger partial charge in [0.25, 0.3) is 0 Å². The van der Waals surface area contributed by atoms with E-state index in [0.717, 1.165) is 30.5 Å². The molecule has 0 spiro atoms. The predicted octanol–water partition coefficient (Wildman–Crippen LogP) is 4.49. The number of anilines is 1. The fourth-order valence-electron chi connectivity index (χ4n) is 3.40. The maximum Gasteiger partial charge on any atom is 0.0426 e. The maximum atomic E-state index is 6.22. The fraction of sp³-hybridized carbons (Fsp3) is 0.667. The third-order valence-electron chi connectivity index (χ3n) is 4.75. The van der Waals surface area contributed by atoms with Crippen molar-refractivity contribution in [3.8, 4) is 0 Å². The van der Waals surface area contributed by atoms with Crippen LogP contribution in [0.1, 0.15) is 45.6 Å². The summed E-state index contributed by atoms with van der Waals surface area (Å²) in [5.74, 6) is 0.805. The predicted molar refractivity (Wildman–Crippen MR) is 93.2 cm³/mol. The van der Waals surface area contributed by atoms with Crippen molar-refractivity contribution in [2.75, 3.05) is 24.5 Å². The minimum absolute atomic E-state index is 0.407. The molecule has 0 radical (unpaired) electrons. The SMILES string of the molecule is CC(C)(C)C1CCCN(c2cc(Cl)ccc2CCN)CC1. The van der Waals surface area contributed by atoms with Crippen molar-refractivity contribution in [2.24, 2.45) is 17.1 Å². The number of nitrogens with zero attached hydrogens (tertiary/aromatic N) is 1. The topological polar surface area (TPSA) is 29.3 Å². The Hall–Kier alpha value is -0.730. The molecule has 1 saturated heterocycles. The van der Waals surface area contributed by atoms with Crippen molar-refractivity contribution in [3.63, 3.8) is 0 Å².